The van der Waals surface area contributed by atoms with Gasteiger partial charge in [0.1, 0.15) is 24.8 Å². The maximum atomic E-state index is 12.9. The highest BCUT2D eigenvalue weighted by atomic mass is 19.1. The zero-order chi connectivity index (χ0) is 17.2. The molecule has 0 aromatic heterocycles. The van der Waals surface area contributed by atoms with Gasteiger partial charge in [0, 0.05) is 18.9 Å². The Bertz CT molecular complexity index is 646. The first-order chi connectivity index (χ1) is 11.7. The Balaban J connectivity index is 1.82. The molecule has 2 rings (SSSR count). The van der Waals surface area contributed by atoms with Gasteiger partial charge in [-0.1, -0.05) is 18.2 Å². The molecule has 24 heavy (non-hydrogen) atoms. The van der Waals surface area contributed by atoms with Crippen molar-refractivity contribution in [1.29, 1.82) is 0 Å². The van der Waals surface area contributed by atoms with Crippen LogP contribution in [-0.4, -0.2) is 32.8 Å². The molecule has 2 aromatic carbocycles. The lowest BCUT2D eigenvalue weighted by molar-refractivity contribution is -0.121. The molecule has 0 bridgehead atoms. The van der Waals surface area contributed by atoms with Crippen LogP contribution < -0.4 is 10.1 Å². The quantitative estimate of drug-likeness (QED) is 0.717. The van der Waals surface area contributed by atoms with Crippen molar-refractivity contribution in [2.75, 3.05) is 32.2 Å². The summed E-state index contributed by atoms with van der Waals surface area (Å²) >= 11 is 0. The third-order valence-electron chi connectivity index (χ3n) is 3.10. The standard InChI is InChI=1S/C18H20FNO4/c1-22-9-10-23-13-18(21)20-16-3-2-4-17(11-16)24-12-14-5-7-15(19)8-6-14/h2-8,11H,9-10,12-13H2,1H3,(H,20,21). The number of nitrogens with one attached hydrogen (secondary N) is 1. The lowest BCUT2D eigenvalue weighted by Gasteiger charge is -2.09. The summed E-state index contributed by atoms with van der Waals surface area (Å²) in [5.41, 5.74) is 1.48. The molecule has 0 unspecified atom stereocenters. The highest BCUT2D eigenvalue weighted by Gasteiger charge is 2.04. The van der Waals surface area contributed by atoms with Gasteiger partial charge < -0.3 is 19.5 Å². The van der Waals surface area contributed by atoms with Crippen LogP contribution in [0.25, 0.3) is 0 Å². The fourth-order valence-electron chi connectivity index (χ4n) is 1.92. The van der Waals surface area contributed by atoms with Crippen LogP contribution in [0.5, 0.6) is 5.75 Å². The van der Waals surface area contributed by atoms with Crippen molar-refractivity contribution in [2.24, 2.45) is 0 Å². The van der Waals surface area contributed by atoms with E-state index in [0.717, 1.165) is 5.56 Å². The van der Waals surface area contributed by atoms with Gasteiger partial charge in [-0.3, -0.25) is 4.79 Å². The first-order valence-electron chi connectivity index (χ1n) is 7.51. The largest absolute Gasteiger partial charge is 0.489 e. The smallest absolute Gasteiger partial charge is 0.250 e. The molecule has 5 nitrogen and oxygen atoms in total. The summed E-state index contributed by atoms with van der Waals surface area (Å²) in [5, 5.41) is 2.73. The zero-order valence-corrected chi connectivity index (χ0v) is 13.5. The molecule has 0 heterocycles. The highest BCUT2D eigenvalue weighted by Crippen LogP contribution is 2.18. The number of hydrogen-bond donors (Lipinski definition) is 1. The molecule has 128 valence electrons. The van der Waals surface area contributed by atoms with Gasteiger partial charge in [0.25, 0.3) is 0 Å². The van der Waals surface area contributed by atoms with Gasteiger partial charge in [-0.25, -0.2) is 4.39 Å². The first kappa shape index (κ1) is 17.9. The van der Waals surface area contributed by atoms with Crippen molar-refractivity contribution in [3.63, 3.8) is 0 Å². The SMILES string of the molecule is COCCOCC(=O)Nc1cccc(OCc2ccc(F)cc2)c1. The molecule has 0 saturated heterocycles. The summed E-state index contributed by atoms with van der Waals surface area (Å²) in [5.74, 6) is 0.0791. The third-order valence-corrected chi connectivity index (χ3v) is 3.10. The van der Waals surface area contributed by atoms with Crippen LogP contribution in [0.4, 0.5) is 10.1 Å². The van der Waals surface area contributed by atoms with E-state index in [4.69, 9.17) is 14.2 Å². The van der Waals surface area contributed by atoms with E-state index in [0.29, 0.717) is 31.3 Å². The molecular weight excluding hydrogens is 313 g/mol. The normalized spacial score (nSPS) is 10.4. The molecule has 2 aromatic rings. The zero-order valence-electron chi connectivity index (χ0n) is 13.5. The van der Waals surface area contributed by atoms with Crippen LogP contribution in [-0.2, 0) is 20.9 Å². The van der Waals surface area contributed by atoms with Gasteiger partial charge in [0.15, 0.2) is 0 Å². The number of amides is 1. The number of rotatable bonds is 9. The van der Waals surface area contributed by atoms with Gasteiger partial charge in [0.05, 0.1) is 13.2 Å². The number of ether oxygens (including phenoxy) is 3. The second-order valence-corrected chi connectivity index (χ2v) is 5.04. The van der Waals surface area contributed by atoms with Crippen LogP contribution in [0.1, 0.15) is 5.56 Å². The maximum absolute atomic E-state index is 12.9. The van der Waals surface area contributed by atoms with Crippen LogP contribution in [0.15, 0.2) is 48.5 Å². The molecule has 1 N–H and O–H groups in total. The van der Waals surface area contributed by atoms with Crippen LogP contribution in [0, 0.1) is 5.82 Å². The fraction of sp³-hybridized carbons (Fsp3) is 0.278. The van der Waals surface area contributed by atoms with Gasteiger partial charge >= 0.3 is 0 Å². The summed E-state index contributed by atoms with van der Waals surface area (Å²) in [4.78, 5) is 11.7. The molecule has 1 amide bonds. The van der Waals surface area contributed by atoms with E-state index in [9.17, 15) is 9.18 Å². The monoisotopic (exact) mass is 333 g/mol. The Morgan fingerprint density at radius 3 is 2.67 bits per heavy atom. The topological polar surface area (TPSA) is 56.8 Å². The molecule has 0 spiro atoms. The Kier molecular flexibility index (Phi) is 7.20. The van der Waals surface area contributed by atoms with Crippen molar-refractivity contribution in [3.8, 4) is 5.75 Å². The first-order valence-corrected chi connectivity index (χ1v) is 7.51. The van der Waals surface area contributed by atoms with Crippen LogP contribution in [0.3, 0.4) is 0 Å². The second-order valence-electron chi connectivity index (χ2n) is 5.04. The molecule has 0 fully saturated rings. The van der Waals surface area contributed by atoms with Crippen molar-refractivity contribution in [2.45, 2.75) is 6.61 Å². The van der Waals surface area contributed by atoms with Crippen molar-refractivity contribution in [1.82, 2.24) is 0 Å². The van der Waals surface area contributed by atoms with E-state index in [1.165, 1.54) is 12.1 Å². The molecule has 0 aliphatic heterocycles. The van der Waals surface area contributed by atoms with E-state index < -0.39 is 0 Å². The number of methoxy groups -OCH3 is 1. The van der Waals surface area contributed by atoms with E-state index >= 15 is 0 Å². The maximum Gasteiger partial charge on any atom is 0.250 e. The third kappa shape index (κ3) is 6.36. The molecule has 0 radical (unpaired) electrons. The van der Waals surface area contributed by atoms with Gasteiger partial charge in [-0.15, -0.1) is 0 Å². The van der Waals surface area contributed by atoms with Crippen molar-refractivity contribution >= 4 is 11.6 Å². The minimum Gasteiger partial charge on any atom is -0.489 e. The van der Waals surface area contributed by atoms with Crippen molar-refractivity contribution < 1.29 is 23.4 Å². The number of carbonyl (C=O) groups is 1. The average molecular weight is 333 g/mol. The summed E-state index contributed by atoms with van der Waals surface area (Å²) < 4.78 is 28.5. The summed E-state index contributed by atoms with van der Waals surface area (Å²) in [6.07, 6.45) is 0. The summed E-state index contributed by atoms with van der Waals surface area (Å²) in [6.45, 7) is 1.09. The van der Waals surface area contributed by atoms with E-state index in [1.54, 1.807) is 43.5 Å². The minimum atomic E-state index is -0.281. The van der Waals surface area contributed by atoms with Crippen LogP contribution >= 0.6 is 0 Å². The lowest BCUT2D eigenvalue weighted by atomic mass is 10.2. The Morgan fingerprint density at radius 1 is 1.12 bits per heavy atom. The van der Waals surface area contributed by atoms with Gasteiger partial charge in [-0.2, -0.15) is 0 Å². The van der Waals surface area contributed by atoms with Crippen LogP contribution in [0.2, 0.25) is 0 Å². The second kappa shape index (κ2) is 9.64. The summed E-state index contributed by atoms with van der Waals surface area (Å²) in [6, 6.07) is 13.2. The number of carbonyl (C=O) groups excluding carboxylic acids is 1. The summed E-state index contributed by atoms with van der Waals surface area (Å²) in [7, 11) is 1.57. The molecule has 0 atom stereocenters. The predicted octanol–water partition coefficient (Wildman–Crippen LogP) is 3.01. The Hall–Kier alpha value is -2.44. The number of hydrogen-bond acceptors (Lipinski definition) is 4. The van der Waals surface area contributed by atoms with E-state index in [1.807, 2.05) is 0 Å². The Labute approximate surface area is 140 Å². The van der Waals surface area contributed by atoms with Crippen molar-refractivity contribution in [3.05, 3.63) is 59.9 Å². The molecular formula is C18H20FNO4. The minimum absolute atomic E-state index is 0.0377. The predicted molar refractivity (Wildman–Crippen MR) is 88.5 cm³/mol. The molecule has 6 heteroatoms. The van der Waals surface area contributed by atoms with E-state index in [-0.39, 0.29) is 18.3 Å². The average Bonchev–Trinajstić information content (AvgIpc) is 2.59. The fourth-order valence-corrected chi connectivity index (χ4v) is 1.92. The van der Waals surface area contributed by atoms with Gasteiger partial charge in [0.2, 0.25) is 5.91 Å². The van der Waals surface area contributed by atoms with E-state index in [2.05, 4.69) is 5.32 Å². The number of benzene rings is 2. The highest BCUT2D eigenvalue weighted by molar-refractivity contribution is 5.91. The molecule has 0 aliphatic rings. The molecule has 0 saturated carbocycles. The van der Waals surface area contributed by atoms with Gasteiger partial charge in [-0.05, 0) is 29.8 Å². The number of halogens is 1. The lowest BCUT2D eigenvalue weighted by Crippen LogP contribution is -2.19. The Morgan fingerprint density at radius 2 is 1.92 bits per heavy atom. The number of anilines is 1. The molecule has 0 aliphatic carbocycles.